The first-order chi connectivity index (χ1) is 13.5. The lowest BCUT2D eigenvalue weighted by molar-refractivity contribution is -0.287. The fraction of sp³-hybridized carbons (Fsp3) is 0.222. The largest absolute Gasteiger partial charge is 0.437 e. The van der Waals surface area contributed by atoms with Gasteiger partial charge in [0.05, 0.1) is 6.04 Å². The molecule has 0 aromatic heterocycles. The van der Waals surface area contributed by atoms with Crippen LogP contribution in [0.25, 0.3) is 0 Å². The second-order valence-electron chi connectivity index (χ2n) is 6.32. The number of halogens is 6. The summed E-state index contributed by atoms with van der Waals surface area (Å²) in [5.74, 6) is -4.66. The Balaban J connectivity index is 2.23. The smallest absolute Gasteiger partial charge is 0.363 e. The molecule has 3 N–H and O–H groups in total. The van der Waals surface area contributed by atoms with Crippen LogP contribution in [0.4, 0.5) is 22.4 Å². The van der Waals surface area contributed by atoms with E-state index >= 15 is 0 Å². The van der Waals surface area contributed by atoms with Crippen LogP contribution in [0.1, 0.15) is 22.0 Å². The van der Waals surface area contributed by atoms with E-state index in [9.17, 15) is 32.3 Å². The molecule has 2 amide bonds. The maximum Gasteiger partial charge on any atom is 0.437 e. The van der Waals surface area contributed by atoms with Crippen LogP contribution in [0.5, 0.6) is 0 Å². The van der Waals surface area contributed by atoms with E-state index in [-0.39, 0.29) is 15.6 Å². The molecule has 0 saturated carbocycles. The molecular formula is C18H12Cl2F4N2O3. The minimum absolute atomic E-state index is 0.219. The molecule has 0 unspecified atom stereocenters. The number of aliphatic hydroxyl groups is 1. The molecule has 29 heavy (non-hydrogen) atoms. The highest BCUT2D eigenvalue weighted by Crippen LogP contribution is 2.45. The van der Waals surface area contributed by atoms with E-state index in [0.29, 0.717) is 0 Å². The maximum atomic E-state index is 14.5. The van der Waals surface area contributed by atoms with Crippen LogP contribution >= 0.6 is 23.2 Å². The van der Waals surface area contributed by atoms with Crippen molar-refractivity contribution in [3.05, 3.63) is 69.5 Å². The van der Waals surface area contributed by atoms with Gasteiger partial charge < -0.3 is 15.7 Å². The Bertz CT molecular complexity index is 948. The predicted molar refractivity (Wildman–Crippen MR) is 96.1 cm³/mol. The number of urea groups is 1. The minimum Gasteiger partial charge on any atom is -0.363 e. The van der Waals surface area contributed by atoms with Gasteiger partial charge in [-0.2, -0.15) is 13.2 Å². The topological polar surface area (TPSA) is 78.4 Å². The van der Waals surface area contributed by atoms with Gasteiger partial charge in [0.2, 0.25) is 5.72 Å². The quantitative estimate of drug-likeness (QED) is 0.483. The zero-order valence-electron chi connectivity index (χ0n) is 14.2. The number of benzene rings is 2. The lowest BCUT2D eigenvalue weighted by atomic mass is 9.77. The van der Waals surface area contributed by atoms with E-state index in [1.165, 1.54) is 29.6 Å². The van der Waals surface area contributed by atoms with Crippen LogP contribution in [0.2, 0.25) is 10.0 Å². The normalized spacial score (nSPS) is 24.6. The van der Waals surface area contributed by atoms with Crippen LogP contribution in [0, 0.1) is 11.7 Å². The number of Topliss-reactive ketones (excluding diaryl/α,β-unsaturated/α-hetero) is 1. The molecule has 3 rings (SSSR count). The zero-order valence-corrected chi connectivity index (χ0v) is 15.7. The second-order valence-corrected chi connectivity index (χ2v) is 7.17. The first-order valence-corrected chi connectivity index (χ1v) is 8.83. The number of alkyl halides is 3. The van der Waals surface area contributed by atoms with Crippen molar-refractivity contribution in [2.24, 2.45) is 5.92 Å². The van der Waals surface area contributed by atoms with Gasteiger partial charge in [-0.05, 0) is 36.4 Å². The van der Waals surface area contributed by atoms with Crippen molar-refractivity contribution in [3.63, 3.8) is 0 Å². The highest BCUT2D eigenvalue weighted by atomic mass is 35.5. The summed E-state index contributed by atoms with van der Waals surface area (Å²) in [6, 6.07) is 4.77. The molecule has 2 aromatic carbocycles. The molecule has 154 valence electrons. The van der Waals surface area contributed by atoms with Crippen LogP contribution in [-0.2, 0) is 0 Å². The van der Waals surface area contributed by atoms with Crippen molar-refractivity contribution in [1.29, 1.82) is 0 Å². The summed E-state index contributed by atoms with van der Waals surface area (Å²) in [6.45, 7) is 0. The van der Waals surface area contributed by atoms with Crippen molar-refractivity contribution < 1.29 is 32.3 Å². The van der Waals surface area contributed by atoms with Gasteiger partial charge in [0.1, 0.15) is 11.7 Å². The SMILES string of the molecule is O=C1N[C@@H](c2c(F)cccc2Cl)[C@@H](C(=O)c2ccc(Cl)cc2)[C@@](O)(C(F)(F)F)N1. The number of amides is 2. The molecule has 11 heteroatoms. The molecule has 0 spiro atoms. The Hall–Kier alpha value is -2.36. The van der Waals surface area contributed by atoms with E-state index in [1.807, 2.05) is 0 Å². The summed E-state index contributed by atoms with van der Waals surface area (Å²) < 4.78 is 55.8. The van der Waals surface area contributed by atoms with Crippen LogP contribution in [0.15, 0.2) is 42.5 Å². The molecule has 5 nitrogen and oxygen atoms in total. The number of hydrogen-bond acceptors (Lipinski definition) is 3. The standard InChI is InChI=1S/C18H12Cl2F4N2O3/c19-9-6-4-8(5-7-9)15(27)13-14(12-10(20)2-1-3-11(12)21)25-16(28)26-17(13,29)18(22,23)24/h1-7,13-14,29H,(H2,25,26,28)/t13-,14-,17+/m0/s1. The molecule has 1 fully saturated rings. The third kappa shape index (κ3) is 3.77. The number of hydrogen-bond donors (Lipinski definition) is 3. The van der Waals surface area contributed by atoms with Gasteiger partial charge in [-0.25, -0.2) is 9.18 Å². The number of carbonyl (C=O) groups excluding carboxylic acids is 2. The average molecular weight is 451 g/mol. The Labute approximate surface area is 171 Å². The van der Waals surface area contributed by atoms with Crippen molar-refractivity contribution in [2.75, 3.05) is 0 Å². The third-order valence-electron chi connectivity index (χ3n) is 4.53. The van der Waals surface area contributed by atoms with Crippen LogP contribution in [0.3, 0.4) is 0 Å². The molecular weight excluding hydrogens is 439 g/mol. The summed E-state index contributed by atoms with van der Waals surface area (Å²) in [5, 5.41) is 13.7. The molecule has 2 aromatic rings. The predicted octanol–water partition coefficient (Wildman–Crippen LogP) is 4.24. The van der Waals surface area contributed by atoms with E-state index in [2.05, 4.69) is 5.32 Å². The van der Waals surface area contributed by atoms with Crippen LogP contribution < -0.4 is 10.6 Å². The van der Waals surface area contributed by atoms with E-state index in [0.717, 1.165) is 18.2 Å². The average Bonchev–Trinajstić information content (AvgIpc) is 2.60. The Morgan fingerprint density at radius 2 is 1.72 bits per heavy atom. The van der Waals surface area contributed by atoms with Gasteiger partial charge in [0.15, 0.2) is 5.78 Å². The van der Waals surface area contributed by atoms with Gasteiger partial charge in [-0.3, -0.25) is 4.79 Å². The van der Waals surface area contributed by atoms with Crippen molar-refractivity contribution in [2.45, 2.75) is 17.9 Å². The van der Waals surface area contributed by atoms with Gasteiger partial charge in [0.25, 0.3) is 0 Å². The third-order valence-corrected chi connectivity index (χ3v) is 5.11. The fourth-order valence-electron chi connectivity index (χ4n) is 3.18. The second kappa shape index (κ2) is 7.47. The number of carbonyl (C=O) groups is 2. The monoisotopic (exact) mass is 450 g/mol. The van der Waals surface area contributed by atoms with Crippen molar-refractivity contribution in [1.82, 2.24) is 10.6 Å². The van der Waals surface area contributed by atoms with Crippen LogP contribution in [-0.4, -0.2) is 28.8 Å². The van der Waals surface area contributed by atoms with E-state index < -0.39 is 47.1 Å². The Morgan fingerprint density at radius 1 is 1.10 bits per heavy atom. The van der Waals surface area contributed by atoms with Crippen molar-refractivity contribution in [3.8, 4) is 0 Å². The molecule has 3 atom stereocenters. The molecule has 1 aliphatic heterocycles. The highest BCUT2D eigenvalue weighted by molar-refractivity contribution is 6.31. The first kappa shape index (κ1) is 21.4. The Morgan fingerprint density at radius 3 is 2.28 bits per heavy atom. The fourth-order valence-corrected chi connectivity index (χ4v) is 3.59. The Kier molecular flexibility index (Phi) is 5.50. The highest BCUT2D eigenvalue weighted by Gasteiger charge is 2.66. The van der Waals surface area contributed by atoms with Gasteiger partial charge >= 0.3 is 12.2 Å². The number of rotatable bonds is 3. The molecule has 0 bridgehead atoms. The first-order valence-electron chi connectivity index (χ1n) is 8.07. The lowest BCUT2D eigenvalue weighted by Crippen LogP contribution is -2.72. The molecule has 0 aliphatic carbocycles. The van der Waals surface area contributed by atoms with Gasteiger partial charge in [0, 0.05) is 21.2 Å². The molecule has 1 aliphatic rings. The van der Waals surface area contributed by atoms with E-state index in [1.54, 1.807) is 0 Å². The van der Waals surface area contributed by atoms with Crippen molar-refractivity contribution >= 4 is 35.0 Å². The van der Waals surface area contributed by atoms with E-state index in [4.69, 9.17) is 23.2 Å². The maximum absolute atomic E-state index is 14.5. The molecule has 1 heterocycles. The molecule has 1 saturated heterocycles. The molecule has 0 radical (unpaired) electrons. The lowest BCUT2D eigenvalue weighted by Gasteiger charge is -2.45. The summed E-state index contributed by atoms with van der Waals surface area (Å²) in [4.78, 5) is 24.9. The number of ketones is 1. The van der Waals surface area contributed by atoms with Gasteiger partial charge in [-0.1, -0.05) is 29.3 Å². The minimum atomic E-state index is -5.46. The van der Waals surface area contributed by atoms with Gasteiger partial charge in [-0.15, -0.1) is 0 Å². The summed E-state index contributed by atoms with van der Waals surface area (Å²) in [5.41, 5.74) is -4.78. The summed E-state index contributed by atoms with van der Waals surface area (Å²) >= 11 is 11.7. The number of nitrogens with one attached hydrogen (secondary N) is 2. The summed E-state index contributed by atoms with van der Waals surface area (Å²) in [6.07, 6.45) is -5.46. The zero-order chi connectivity index (χ0) is 21.6. The summed E-state index contributed by atoms with van der Waals surface area (Å²) in [7, 11) is 0.